The van der Waals surface area contributed by atoms with E-state index in [1.54, 1.807) is 6.07 Å². The van der Waals surface area contributed by atoms with E-state index >= 15 is 0 Å². The second-order valence-electron chi connectivity index (χ2n) is 5.97. The first-order chi connectivity index (χ1) is 10.8. The molecule has 0 unspecified atom stereocenters. The van der Waals surface area contributed by atoms with E-state index in [-0.39, 0.29) is 0 Å². The first kappa shape index (κ1) is 11.8. The van der Waals surface area contributed by atoms with Crippen LogP contribution in [0.25, 0.3) is 38.4 Å². The quantitative estimate of drug-likeness (QED) is 0.427. The van der Waals surface area contributed by atoms with Gasteiger partial charge in [0.25, 0.3) is 0 Å². The highest BCUT2D eigenvalue weighted by molar-refractivity contribution is 6.18. The average Bonchev–Trinajstić information content (AvgIpc) is 3.02. The van der Waals surface area contributed by atoms with Gasteiger partial charge in [0.15, 0.2) is 0 Å². The van der Waals surface area contributed by atoms with Gasteiger partial charge >= 0.3 is 0 Å². The van der Waals surface area contributed by atoms with E-state index < -0.39 is 0 Å². The first-order valence-electron chi connectivity index (χ1n) is 7.58. The van der Waals surface area contributed by atoms with Crippen molar-refractivity contribution in [3.63, 3.8) is 0 Å². The Bertz CT molecular complexity index is 1100. The lowest BCUT2D eigenvalue weighted by Crippen LogP contribution is -1.87. The molecule has 0 bridgehead atoms. The molecule has 5 rings (SSSR count). The van der Waals surface area contributed by atoms with Crippen molar-refractivity contribution in [2.45, 2.75) is 6.42 Å². The van der Waals surface area contributed by atoms with E-state index in [0.717, 1.165) is 11.8 Å². The number of phenolic OH excluding ortho intramolecular Hbond substituents is 1. The number of rotatable bonds is 0. The number of aromatic hydroxyl groups is 1. The third-order valence-electron chi connectivity index (χ3n) is 4.76. The Hall–Kier alpha value is -2.80. The zero-order valence-electron chi connectivity index (χ0n) is 12.0. The largest absolute Gasteiger partial charge is 0.508 e. The zero-order chi connectivity index (χ0) is 14.7. The smallest absolute Gasteiger partial charge is 0.116 e. The third kappa shape index (κ3) is 1.48. The van der Waals surface area contributed by atoms with Gasteiger partial charge in [-0.15, -0.1) is 0 Å². The van der Waals surface area contributed by atoms with E-state index in [9.17, 15) is 5.11 Å². The Kier molecular flexibility index (Phi) is 2.21. The molecule has 0 atom stereocenters. The lowest BCUT2D eigenvalue weighted by molar-refractivity contribution is 0.476. The molecule has 0 aromatic heterocycles. The van der Waals surface area contributed by atoms with Crippen molar-refractivity contribution in [3.05, 3.63) is 71.8 Å². The van der Waals surface area contributed by atoms with Gasteiger partial charge in [-0.3, -0.25) is 0 Å². The van der Waals surface area contributed by atoms with Crippen LogP contribution in [-0.4, -0.2) is 5.11 Å². The summed E-state index contributed by atoms with van der Waals surface area (Å²) < 4.78 is 0. The molecule has 1 aliphatic rings. The zero-order valence-corrected chi connectivity index (χ0v) is 12.0. The summed E-state index contributed by atoms with van der Waals surface area (Å²) in [6.45, 7) is 0. The maximum atomic E-state index is 9.67. The average molecular weight is 282 g/mol. The summed E-state index contributed by atoms with van der Waals surface area (Å²) >= 11 is 0. The third-order valence-corrected chi connectivity index (χ3v) is 4.76. The van der Waals surface area contributed by atoms with Gasteiger partial charge in [-0.05, 0) is 62.0 Å². The molecule has 0 aliphatic heterocycles. The molecule has 1 aliphatic carbocycles. The summed E-state index contributed by atoms with van der Waals surface area (Å²) in [5.41, 5.74) is 2.78. The summed E-state index contributed by atoms with van der Waals surface area (Å²) in [6, 6.07) is 18.8. The number of phenols is 1. The van der Waals surface area contributed by atoms with Gasteiger partial charge < -0.3 is 5.11 Å². The van der Waals surface area contributed by atoms with Crippen LogP contribution in [0.15, 0.2) is 60.7 Å². The predicted octanol–water partition coefficient (Wildman–Crippen LogP) is 5.42. The van der Waals surface area contributed by atoms with Gasteiger partial charge in [-0.25, -0.2) is 0 Å². The number of fused-ring (bicyclic) bond motifs is 7. The molecular formula is C21H14O. The van der Waals surface area contributed by atoms with Crippen molar-refractivity contribution in [1.82, 2.24) is 0 Å². The van der Waals surface area contributed by atoms with Crippen LogP contribution in [0.2, 0.25) is 0 Å². The maximum absolute atomic E-state index is 9.67. The van der Waals surface area contributed by atoms with E-state index in [2.05, 4.69) is 48.6 Å². The topological polar surface area (TPSA) is 20.2 Å². The SMILES string of the molecule is Oc1ccc2c(ccc3c4ccc5c(c4ccc23)CC=C5)c1. The molecule has 1 heteroatoms. The molecule has 104 valence electrons. The maximum Gasteiger partial charge on any atom is 0.116 e. The summed E-state index contributed by atoms with van der Waals surface area (Å²) in [4.78, 5) is 0. The summed E-state index contributed by atoms with van der Waals surface area (Å²) in [5.74, 6) is 0.316. The summed E-state index contributed by atoms with van der Waals surface area (Å²) in [6.07, 6.45) is 5.47. The molecule has 4 aromatic carbocycles. The van der Waals surface area contributed by atoms with E-state index in [1.165, 1.54) is 38.1 Å². The molecule has 0 fully saturated rings. The van der Waals surface area contributed by atoms with Crippen LogP contribution < -0.4 is 0 Å². The molecule has 0 radical (unpaired) electrons. The second-order valence-corrected chi connectivity index (χ2v) is 5.97. The van der Waals surface area contributed by atoms with Crippen molar-refractivity contribution >= 4 is 38.4 Å². The molecule has 1 N–H and O–H groups in total. The number of benzene rings is 4. The minimum absolute atomic E-state index is 0.316. The lowest BCUT2D eigenvalue weighted by atomic mass is 9.93. The molecule has 4 aromatic rings. The van der Waals surface area contributed by atoms with Gasteiger partial charge in [0, 0.05) is 0 Å². The van der Waals surface area contributed by atoms with Crippen LogP contribution in [0.1, 0.15) is 11.1 Å². The van der Waals surface area contributed by atoms with Crippen LogP contribution in [0.4, 0.5) is 0 Å². The molecule has 0 spiro atoms. The lowest BCUT2D eigenvalue weighted by Gasteiger charge is -2.11. The summed E-state index contributed by atoms with van der Waals surface area (Å²) in [7, 11) is 0. The second kappa shape index (κ2) is 4.11. The highest BCUT2D eigenvalue weighted by atomic mass is 16.3. The number of allylic oxidation sites excluding steroid dienone is 1. The van der Waals surface area contributed by atoms with Gasteiger partial charge in [-0.2, -0.15) is 0 Å². The fraction of sp³-hybridized carbons (Fsp3) is 0.0476. The van der Waals surface area contributed by atoms with Crippen LogP contribution in [0.5, 0.6) is 5.75 Å². The summed E-state index contributed by atoms with van der Waals surface area (Å²) in [5, 5.41) is 17.1. The van der Waals surface area contributed by atoms with Crippen LogP contribution >= 0.6 is 0 Å². The van der Waals surface area contributed by atoms with Gasteiger partial charge in [0.1, 0.15) is 5.75 Å². The van der Waals surface area contributed by atoms with Crippen molar-refractivity contribution < 1.29 is 5.11 Å². The minimum Gasteiger partial charge on any atom is -0.508 e. The molecule has 22 heavy (non-hydrogen) atoms. The Morgan fingerprint density at radius 1 is 0.682 bits per heavy atom. The monoisotopic (exact) mass is 282 g/mol. The molecule has 0 saturated carbocycles. The van der Waals surface area contributed by atoms with Crippen LogP contribution in [0.3, 0.4) is 0 Å². The molecule has 0 amide bonds. The van der Waals surface area contributed by atoms with Crippen LogP contribution in [0, 0.1) is 0 Å². The first-order valence-corrected chi connectivity index (χ1v) is 7.58. The highest BCUT2D eigenvalue weighted by Gasteiger charge is 2.12. The Labute approximate surface area is 128 Å². The molecular weight excluding hydrogens is 268 g/mol. The normalized spacial score (nSPS) is 13.3. The predicted molar refractivity (Wildman–Crippen MR) is 93.4 cm³/mol. The Balaban J connectivity index is 1.96. The van der Waals surface area contributed by atoms with Crippen molar-refractivity contribution in [2.75, 3.05) is 0 Å². The molecule has 0 heterocycles. The fourth-order valence-corrected chi connectivity index (χ4v) is 3.72. The van der Waals surface area contributed by atoms with Gasteiger partial charge in [-0.1, -0.05) is 54.6 Å². The Morgan fingerprint density at radius 2 is 1.36 bits per heavy atom. The Morgan fingerprint density at radius 3 is 2.32 bits per heavy atom. The highest BCUT2D eigenvalue weighted by Crippen LogP contribution is 2.36. The standard InChI is InChI=1S/C21H14O/c22-15-6-9-17-14(12-15)5-8-21-19(17)11-10-18-16-3-1-2-13(16)4-7-20(18)21/h1-2,4-12,22H,3H2. The van der Waals surface area contributed by atoms with E-state index in [4.69, 9.17) is 0 Å². The van der Waals surface area contributed by atoms with Gasteiger partial charge in [0.05, 0.1) is 0 Å². The van der Waals surface area contributed by atoms with Crippen LogP contribution in [-0.2, 0) is 6.42 Å². The van der Waals surface area contributed by atoms with E-state index in [1.807, 2.05) is 12.1 Å². The number of hydrogen-bond acceptors (Lipinski definition) is 1. The van der Waals surface area contributed by atoms with Gasteiger partial charge in [0.2, 0.25) is 0 Å². The fourth-order valence-electron chi connectivity index (χ4n) is 3.72. The van der Waals surface area contributed by atoms with Crippen molar-refractivity contribution in [1.29, 1.82) is 0 Å². The minimum atomic E-state index is 0.316. The van der Waals surface area contributed by atoms with E-state index in [0.29, 0.717) is 5.75 Å². The number of hydrogen-bond donors (Lipinski definition) is 1. The molecule has 1 nitrogen and oxygen atoms in total. The van der Waals surface area contributed by atoms with Crippen molar-refractivity contribution in [3.8, 4) is 5.75 Å². The van der Waals surface area contributed by atoms with Crippen molar-refractivity contribution in [2.24, 2.45) is 0 Å². The molecule has 0 saturated heterocycles.